The Balaban J connectivity index is 3.38. The fraction of sp³-hybridized carbons (Fsp3) is 0. The van der Waals surface area contributed by atoms with E-state index < -0.39 is 0 Å². The molecule has 0 spiro atoms. The Hall–Kier alpha value is -1.26. The Labute approximate surface area is 70.5 Å². The van der Waals surface area contributed by atoms with Gasteiger partial charge < -0.3 is 0 Å². The average molecular weight is 164 g/mol. The Kier molecular flexibility index (Phi) is 2.30. The molecular weight excluding hydrogens is 158 g/mol. The molecule has 0 heterocycles. The molecule has 1 nitrogen and oxygen atoms in total. The van der Waals surface area contributed by atoms with Crippen LogP contribution in [0.3, 0.4) is 0 Å². The number of nitrogens with zero attached hydrogens (tertiary/aromatic N) is 1. The summed E-state index contributed by atoms with van der Waals surface area (Å²) in [7, 11) is 0. The summed E-state index contributed by atoms with van der Waals surface area (Å²) in [6.45, 7) is 3.57. The molecule has 0 aliphatic heterocycles. The minimum atomic E-state index is 0.477. The van der Waals surface area contributed by atoms with E-state index in [1.54, 1.807) is 24.3 Å². The summed E-state index contributed by atoms with van der Waals surface area (Å²) in [4.78, 5) is 0. The maximum Gasteiger partial charge on any atom is 0.101 e. The number of halogens is 1. The first-order valence-electron chi connectivity index (χ1n) is 3.10. The molecule has 0 N–H and O–H groups in total. The van der Waals surface area contributed by atoms with Crippen LogP contribution in [0.25, 0.3) is 6.08 Å². The first kappa shape index (κ1) is 7.84. The van der Waals surface area contributed by atoms with Gasteiger partial charge in [-0.15, -0.1) is 0 Å². The van der Waals surface area contributed by atoms with E-state index in [0.29, 0.717) is 10.6 Å². The van der Waals surface area contributed by atoms with Crippen molar-refractivity contribution in [1.82, 2.24) is 0 Å². The van der Waals surface area contributed by atoms with Gasteiger partial charge in [-0.25, -0.2) is 0 Å². The molecule has 0 saturated carbocycles. The first-order chi connectivity index (χ1) is 5.29. The second kappa shape index (κ2) is 3.23. The molecule has 2 heteroatoms. The lowest BCUT2D eigenvalue weighted by Crippen LogP contribution is -1.81. The average Bonchev–Trinajstić information content (AvgIpc) is 2.04. The zero-order valence-electron chi connectivity index (χ0n) is 5.84. The monoisotopic (exact) mass is 163 g/mol. The van der Waals surface area contributed by atoms with E-state index in [2.05, 4.69) is 6.58 Å². The van der Waals surface area contributed by atoms with Crippen LogP contribution in [0, 0.1) is 11.3 Å². The molecule has 0 radical (unpaired) electrons. The van der Waals surface area contributed by atoms with Gasteiger partial charge in [-0.3, -0.25) is 0 Å². The summed E-state index contributed by atoms with van der Waals surface area (Å²) in [6.07, 6.45) is 1.62. The van der Waals surface area contributed by atoms with E-state index >= 15 is 0 Å². The van der Waals surface area contributed by atoms with Gasteiger partial charge in [-0.1, -0.05) is 36.4 Å². The number of rotatable bonds is 1. The van der Waals surface area contributed by atoms with Gasteiger partial charge in [0, 0.05) is 0 Å². The van der Waals surface area contributed by atoms with Crippen molar-refractivity contribution in [2.75, 3.05) is 0 Å². The fourth-order valence-electron chi connectivity index (χ4n) is 0.829. The molecule has 0 amide bonds. The van der Waals surface area contributed by atoms with Crippen LogP contribution in [0.1, 0.15) is 11.1 Å². The molecule has 0 aliphatic rings. The maximum absolute atomic E-state index is 8.65. The van der Waals surface area contributed by atoms with E-state index in [1.807, 2.05) is 6.07 Å². The van der Waals surface area contributed by atoms with Crippen LogP contribution in [-0.2, 0) is 0 Å². The van der Waals surface area contributed by atoms with Gasteiger partial charge in [0.05, 0.1) is 10.6 Å². The highest BCUT2D eigenvalue weighted by atomic mass is 35.5. The third-order valence-corrected chi connectivity index (χ3v) is 1.69. The van der Waals surface area contributed by atoms with Crippen LogP contribution in [0.15, 0.2) is 24.8 Å². The quantitative estimate of drug-likeness (QED) is 0.625. The fourth-order valence-corrected chi connectivity index (χ4v) is 1.05. The van der Waals surface area contributed by atoms with Crippen molar-refractivity contribution in [3.63, 3.8) is 0 Å². The summed E-state index contributed by atoms with van der Waals surface area (Å²) >= 11 is 5.74. The van der Waals surface area contributed by atoms with Gasteiger partial charge in [-0.05, 0) is 11.6 Å². The highest BCUT2D eigenvalue weighted by Crippen LogP contribution is 2.19. The van der Waals surface area contributed by atoms with Crippen molar-refractivity contribution in [1.29, 1.82) is 5.26 Å². The molecule has 0 aliphatic carbocycles. The number of nitriles is 1. The van der Waals surface area contributed by atoms with E-state index in [-0.39, 0.29) is 0 Å². The van der Waals surface area contributed by atoms with Gasteiger partial charge >= 0.3 is 0 Å². The van der Waals surface area contributed by atoms with E-state index in [0.717, 1.165) is 5.56 Å². The molecule has 1 rings (SSSR count). The Morgan fingerprint density at radius 2 is 2.27 bits per heavy atom. The van der Waals surface area contributed by atoms with Gasteiger partial charge in [0.1, 0.15) is 6.07 Å². The van der Waals surface area contributed by atoms with Gasteiger partial charge in [0.15, 0.2) is 0 Å². The molecule has 0 atom stereocenters. The third kappa shape index (κ3) is 1.42. The van der Waals surface area contributed by atoms with Crippen LogP contribution >= 0.6 is 11.6 Å². The van der Waals surface area contributed by atoms with Crippen LogP contribution < -0.4 is 0 Å². The standard InChI is InChI=1S/C9H6ClN/c1-2-7-4-3-5-9(10)8(7)6-11/h2-5H,1H2. The lowest BCUT2D eigenvalue weighted by Gasteiger charge is -1.97. The third-order valence-electron chi connectivity index (χ3n) is 1.38. The molecule has 0 aromatic heterocycles. The van der Waals surface area contributed by atoms with E-state index in [9.17, 15) is 0 Å². The Morgan fingerprint density at radius 1 is 1.55 bits per heavy atom. The summed E-state index contributed by atoms with van der Waals surface area (Å²) in [6, 6.07) is 7.29. The van der Waals surface area contributed by atoms with Gasteiger partial charge in [-0.2, -0.15) is 5.26 Å². The predicted octanol–water partition coefficient (Wildman–Crippen LogP) is 2.85. The van der Waals surface area contributed by atoms with E-state index in [4.69, 9.17) is 16.9 Å². The minimum absolute atomic E-state index is 0.477. The topological polar surface area (TPSA) is 23.8 Å². The smallest absolute Gasteiger partial charge is 0.101 e. The molecule has 0 saturated heterocycles. The predicted molar refractivity (Wildman–Crippen MR) is 46.3 cm³/mol. The van der Waals surface area contributed by atoms with Crippen molar-refractivity contribution in [2.45, 2.75) is 0 Å². The van der Waals surface area contributed by atoms with Gasteiger partial charge in [0.2, 0.25) is 0 Å². The van der Waals surface area contributed by atoms with Crippen molar-refractivity contribution < 1.29 is 0 Å². The number of hydrogen-bond acceptors (Lipinski definition) is 1. The first-order valence-corrected chi connectivity index (χ1v) is 3.48. The molecule has 54 valence electrons. The van der Waals surface area contributed by atoms with Crippen molar-refractivity contribution >= 4 is 17.7 Å². The lowest BCUT2D eigenvalue weighted by atomic mass is 10.1. The minimum Gasteiger partial charge on any atom is -0.192 e. The molecule has 1 aromatic carbocycles. The zero-order valence-corrected chi connectivity index (χ0v) is 6.60. The van der Waals surface area contributed by atoms with Crippen molar-refractivity contribution in [2.24, 2.45) is 0 Å². The summed E-state index contributed by atoms with van der Waals surface area (Å²) in [5, 5.41) is 9.12. The van der Waals surface area contributed by atoms with Crippen LogP contribution in [0.2, 0.25) is 5.02 Å². The Morgan fingerprint density at radius 3 is 2.73 bits per heavy atom. The van der Waals surface area contributed by atoms with E-state index in [1.165, 1.54) is 0 Å². The highest BCUT2D eigenvalue weighted by molar-refractivity contribution is 6.31. The highest BCUT2D eigenvalue weighted by Gasteiger charge is 2.01. The Bertz CT molecular complexity index is 323. The second-order valence-electron chi connectivity index (χ2n) is 2.02. The van der Waals surface area contributed by atoms with Crippen LogP contribution in [-0.4, -0.2) is 0 Å². The van der Waals surface area contributed by atoms with Crippen LogP contribution in [0.4, 0.5) is 0 Å². The number of hydrogen-bond donors (Lipinski definition) is 0. The maximum atomic E-state index is 8.65. The SMILES string of the molecule is C=Cc1cccc(Cl)c1C#N. The molecule has 0 fully saturated rings. The number of benzene rings is 1. The summed E-state index contributed by atoms with van der Waals surface area (Å²) in [5.74, 6) is 0. The lowest BCUT2D eigenvalue weighted by molar-refractivity contribution is 1.47. The second-order valence-corrected chi connectivity index (χ2v) is 2.43. The molecular formula is C9H6ClN. The molecule has 11 heavy (non-hydrogen) atoms. The van der Waals surface area contributed by atoms with Gasteiger partial charge in [0.25, 0.3) is 0 Å². The van der Waals surface area contributed by atoms with Crippen LogP contribution in [0.5, 0.6) is 0 Å². The normalized spacial score (nSPS) is 8.73. The molecule has 0 bridgehead atoms. The zero-order chi connectivity index (χ0) is 8.27. The summed E-state index contributed by atoms with van der Waals surface area (Å²) in [5.41, 5.74) is 1.27. The summed E-state index contributed by atoms with van der Waals surface area (Å²) < 4.78 is 0. The van der Waals surface area contributed by atoms with Crippen molar-refractivity contribution in [3.8, 4) is 6.07 Å². The van der Waals surface area contributed by atoms with Crippen molar-refractivity contribution in [3.05, 3.63) is 40.9 Å². The largest absolute Gasteiger partial charge is 0.192 e. The molecule has 1 aromatic rings. The molecule has 0 unspecified atom stereocenters.